The summed E-state index contributed by atoms with van der Waals surface area (Å²) >= 11 is 1.15. The highest BCUT2D eigenvalue weighted by Crippen LogP contribution is 2.30. The predicted molar refractivity (Wildman–Crippen MR) is 95.9 cm³/mol. The van der Waals surface area contributed by atoms with Crippen LogP contribution in [0.3, 0.4) is 0 Å². The van der Waals surface area contributed by atoms with Gasteiger partial charge in [-0.25, -0.2) is 0 Å². The summed E-state index contributed by atoms with van der Waals surface area (Å²) in [4.78, 5) is 22.8. The Kier molecular flexibility index (Phi) is 7.94. The zero-order chi connectivity index (χ0) is 18.8. The lowest BCUT2D eigenvalue weighted by atomic mass is 10.2. The number of ether oxygens (including phenoxy) is 2. The molecule has 8 nitrogen and oxygen atoms in total. The number of nitrogens with one attached hydrogen (secondary N) is 1. The van der Waals surface area contributed by atoms with Gasteiger partial charge in [-0.05, 0) is 25.5 Å². The summed E-state index contributed by atoms with van der Waals surface area (Å²) in [5.74, 6) is 0.690. The molecule has 140 valence electrons. The molecule has 1 amide bonds. The van der Waals surface area contributed by atoms with Crippen LogP contribution < -0.4 is 10.1 Å². The lowest BCUT2D eigenvalue weighted by Crippen LogP contribution is -2.26. The van der Waals surface area contributed by atoms with Gasteiger partial charge in [0.15, 0.2) is 0 Å². The molecule has 1 heterocycles. The molecule has 1 aromatic carbocycles. The van der Waals surface area contributed by atoms with Crippen LogP contribution in [0.5, 0.6) is 5.75 Å². The SMILES string of the molecule is CCOc1ccccc1-c1nnc(SCC(=O)NCCCC(=O)OC)o1. The third-order valence-electron chi connectivity index (χ3n) is 3.26. The van der Waals surface area contributed by atoms with E-state index in [1.165, 1.54) is 7.11 Å². The Bertz CT molecular complexity index is 735. The first-order valence-electron chi connectivity index (χ1n) is 8.16. The highest BCUT2D eigenvalue weighted by atomic mass is 32.2. The van der Waals surface area contributed by atoms with Gasteiger partial charge in [0.25, 0.3) is 11.1 Å². The molecule has 0 aliphatic carbocycles. The number of thioether (sulfide) groups is 1. The molecule has 0 bridgehead atoms. The van der Waals surface area contributed by atoms with Gasteiger partial charge in [-0.3, -0.25) is 9.59 Å². The second-order valence-electron chi connectivity index (χ2n) is 5.12. The molecular formula is C17H21N3O5S. The topological polar surface area (TPSA) is 104 Å². The minimum absolute atomic E-state index is 0.146. The molecule has 0 radical (unpaired) electrons. The molecule has 0 spiro atoms. The maximum atomic E-state index is 11.8. The minimum atomic E-state index is -0.292. The van der Waals surface area contributed by atoms with Crippen LogP contribution in [-0.2, 0) is 14.3 Å². The second-order valence-corrected chi connectivity index (χ2v) is 6.05. The van der Waals surface area contributed by atoms with Crippen molar-refractivity contribution >= 4 is 23.6 Å². The molecule has 1 N–H and O–H groups in total. The number of rotatable bonds is 10. The first-order chi connectivity index (χ1) is 12.6. The molecule has 0 aliphatic heterocycles. The van der Waals surface area contributed by atoms with E-state index < -0.39 is 0 Å². The fourth-order valence-electron chi connectivity index (χ4n) is 2.04. The quantitative estimate of drug-likeness (QED) is 0.381. The van der Waals surface area contributed by atoms with E-state index in [-0.39, 0.29) is 24.1 Å². The van der Waals surface area contributed by atoms with Crippen molar-refractivity contribution in [1.29, 1.82) is 0 Å². The Hall–Kier alpha value is -2.55. The molecule has 26 heavy (non-hydrogen) atoms. The molecule has 0 fully saturated rings. The van der Waals surface area contributed by atoms with E-state index >= 15 is 0 Å². The van der Waals surface area contributed by atoms with E-state index in [2.05, 4.69) is 20.3 Å². The van der Waals surface area contributed by atoms with Gasteiger partial charge in [-0.15, -0.1) is 10.2 Å². The molecule has 0 saturated heterocycles. The summed E-state index contributed by atoms with van der Waals surface area (Å²) < 4.78 is 15.7. The number of esters is 1. The number of benzene rings is 1. The second kappa shape index (κ2) is 10.4. The number of carbonyl (C=O) groups excluding carboxylic acids is 2. The first-order valence-corrected chi connectivity index (χ1v) is 9.14. The lowest BCUT2D eigenvalue weighted by Gasteiger charge is -2.06. The molecule has 0 aliphatic rings. The minimum Gasteiger partial charge on any atom is -0.493 e. The first kappa shape index (κ1) is 19.8. The van der Waals surface area contributed by atoms with Crippen LogP contribution in [-0.4, -0.2) is 48.1 Å². The van der Waals surface area contributed by atoms with Gasteiger partial charge >= 0.3 is 5.97 Å². The molecular weight excluding hydrogens is 358 g/mol. The van der Waals surface area contributed by atoms with Gasteiger partial charge in [0, 0.05) is 13.0 Å². The monoisotopic (exact) mass is 379 g/mol. The largest absolute Gasteiger partial charge is 0.493 e. The van der Waals surface area contributed by atoms with Gasteiger partial charge in [-0.2, -0.15) is 0 Å². The smallest absolute Gasteiger partial charge is 0.305 e. The molecule has 2 rings (SSSR count). The van der Waals surface area contributed by atoms with Crippen molar-refractivity contribution < 1.29 is 23.5 Å². The fraction of sp³-hybridized carbons (Fsp3) is 0.412. The van der Waals surface area contributed by atoms with Gasteiger partial charge in [-0.1, -0.05) is 23.9 Å². The maximum absolute atomic E-state index is 11.8. The summed E-state index contributed by atoms with van der Waals surface area (Å²) in [6.07, 6.45) is 0.804. The molecule has 2 aromatic rings. The van der Waals surface area contributed by atoms with E-state index in [1.54, 1.807) is 0 Å². The Morgan fingerprint density at radius 2 is 2.08 bits per heavy atom. The maximum Gasteiger partial charge on any atom is 0.305 e. The van der Waals surface area contributed by atoms with E-state index in [0.717, 1.165) is 11.8 Å². The number of para-hydroxylation sites is 1. The highest BCUT2D eigenvalue weighted by molar-refractivity contribution is 7.99. The van der Waals surface area contributed by atoms with Crippen LogP contribution in [0.1, 0.15) is 19.8 Å². The van der Waals surface area contributed by atoms with Gasteiger partial charge in [0.05, 0.1) is 25.0 Å². The van der Waals surface area contributed by atoms with E-state index in [0.29, 0.717) is 42.0 Å². The average Bonchev–Trinajstić information content (AvgIpc) is 3.13. The third-order valence-corrected chi connectivity index (χ3v) is 4.08. The average molecular weight is 379 g/mol. The standard InChI is InChI=1S/C17H21N3O5S/c1-3-24-13-8-5-4-7-12(13)16-19-20-17(25-16)26-11-14(21)18-10-6-9-15(22)23-2/h4-5,7-8H,3,6,9-11H2,1-2H3,(H,18,21). The molecule has 0 saturated carbocycles. The summed E-state index contributed by atoms with van der Waals surface area (Å²) in [5.41, 5.74) is 0.709. The number of amides is 1. The predicted octanol–water partition coefficient (Wildman–Crippen LogP) is 2.30. The van der Waals surface area contributed by atoms with Crippen molar-refractivity contribution in [2.75, 3.05) is 26.0 Å². The fourth-order valence-corrected chi connectivity index (χ4v) is 2.64. The van der Waals surface area contributed by atoms with Crippen LogP contribution in [0.4, 0.5) is 0 Å². The zero-order valence-electron chi connectivity index (χ0n) is 14.7. The van der Waals surface area contributed by atoms with Gasteiger partial charge in [0.1, 0.15) is 5.75 Å². The van der Waals surface area contributed by atoms with Crippen LogP contribution in [0.15, 0.2) is 33.9 Å². The van der Waals surface area contributed by atoms with Crippen molar-refractivity contribution in [2.45, 2.75) is 25.0 Å². The van der Waals surface area contributed by atoms with E-state index in [1.807, 2.05) is 31.2 Å². The Labute approximate surface area is 155 Å². The van der Waals surface area contributed by atoms with Crippen molar-refractivity contribution in [2.24, 2.45) is 0 Å². The van der Waals surface area contributed by atoms with E-state index in [9.17, 15) is 9.59 Å². The lowest BCUT2D eigenvalue weighted by molar-refractivity contribution is -0.140. The number of aromatic nitrogens is 2. The van der Waals surface area contributed by atoms with Crippen molar-refractivity contribution in [3.8, 4) is 17.2 Å². The zero-order valence-corrected chi connectivity index (χ0v) is 15.5. The van der Waals surface area contributed by atoms with E-state index in [4.69, 9.17) is 9.15 Å². The third kappa shape index (κ3) is 6.07. The van der Waals surface area contributed by atoms with Crippen molar-refractivity contribution in [3.05, 3.63) is 24.3 Å². The number of carbonyl (C=O) groups is 2. The van der Waals surface area contributed by atoms with Crippen LogP contribution in [0, 0.1) is 0 Å². The van der Waals surface area contributed by atoms with Crippen molar-refractivity contribution in [3.63, 3.8) is 0 Å². The summed E-state index contributed by atoms with van der Waals surface area (Å²) in [7, 11) is 1.34. The highest BCUT2D eigenvalue weighted by Gasteiger charge is 2.14. The van der Waals surface area contributed by atoms with Gasteiger partial charge in [0.2, 0.25) is 5.91 Å². The normalized spacial score (nSPS) is 10.4. The number of methoxy groups -OCH3 is 1. The van der Waals surface area contributed by atoms with Crippen LogP contribution >= 0.6 is 11.8 Å². The van der Waals surface area contributed by atoms with Crippen molar-refractivity contribution in [1.82, 2.24) is 15.5 Å². The number of hydrogen-bond acceptors (Lipinski definition) is 8. The summed E-state index contributed by atoms with van der Waals surface area (Å²) in [5, 5.41) is 11.0. The molecule has 1 aromatic heterocycles. The summed E-state index contributed by atoms with van der Waals surface area (Å²) in [6, 6.07) is 7.39. The van der Waals surface area contributed by atoms with Crippen LogP contribution in [0.25, 0.3) is 11.5 Å². The van der Waals surface area contributed by atoms with Crippen LogP contribution in [0.2, 0.25) is 0 Å². The Balaban J connectivity index is 1.81. The Morgan fingerprint density at radius 1 is 1.27 bits per heavy atom. The number of hydrogen-bond donors (Lipinski definition) is 1. The van der Waals surface area contributed by atoms with Gasteiger partial charge < -0.3 is 19.2 Å². The molecule has 9 heteroatoms. The molecule has 0 atom stereocenters. The number of nitrogens with zero attached hydrogens (tertiary/aromatic N) is 2. The Morgan fingerprint density at radius 3 is 2.85 bits per heavy atom. The summed E-state index contributed by atoms with van der Waals surface area (Å²) in [6.45, 7) is 2.84. The molecule has 0 unspecified atom stereocenters.